The summed E-state index contributed by atoms with van der Waals surface area (Å²) in [6, 6.07) is 7.35. The summed E-state index contributed by atoms with van der Waals surface area (Å²) in [4.78, 5) is 0. The van der Waals surface area contributed by atoms with Crippen LogP contribution in [-0.4, -0.2) is 7.05 Å². The highest BCUT2D eigenvalue weighted by atomic mass is 79.9. The molecule has 0 aliphatic carbocycles. The van der Waals surface area contributed by atoms with Gasteiger partial charge in [0.05, 0.1) is 13.6 Å². The third-order valence-corrected chi connectivity index (χ3v) is 5.20. The van der Waals surface area contributed by atoms with Gasteiger partial charge in [-0.3, -0.25) is 0 Å². The molecule has 0 spiro atoms. The monoisotopic (exact) mass is 391 g/mol. The fourth-order valence-corrected chi connectivity index (χ4v) is 4.82. The largest absolute Gasteiger partial charge is 0.309 e. The minimum absolute atomic E-state index is 0.147. The average molecular weight is 393 g/mol. The molecule has 1 atom stereocenters. The molecule has 0 aliphatic rings. The number of nitrogens with one attached hydrogen (secondary N) is 1. The van der Waals surface area contributed by atoms with Gasteiger partial charge in [-0.25, -0.2) is 4.39 Å². The quantitative estimate of drug-likeness (QED) is 0.772. The van der Waals surface area contributed by atoms with E-state index in [1.807, 2.05) is 25.2 Å². The molecule has 1 aromatic heterocycles. The van der Waals surface area contributed by atoms with Gasteiger partial charge in [0.25, 0.3) is 0 Å². The van der Waals surface area contributed by atoms with Crippen LogP contribution in [0.1, 0.15) is 22.7 Å². The third-order valence-electron chi connectivity index (χ3n) is 2.82. The van der Waals surface area contributed by atoms with Gasteiger partial charge in [-0.2, -0.15) is 0 Å². The van der Waals surface area contributed by atoms with Crippen LogP contribution in [0.2, 0.25) is 0 Å². The molecule has 2 rings (SSSR count). The van der Waals surface area contributed by atoms with Crippen molar-refractivity contribution in [2.75, 3.05) is 7.05 Å². The van der Waals surface area contributed by atoms with Crippen molar-refractivity contribution in [3.8, 4) is 0 Å². The van der Waals surface area contributed by atoms with Gasteiger partial charge in [-0.1, -0.05) is 18.2 Å². The number of hydrogen-bond donors (Lipinski definition) is 1. The van der Waals surface area contributed by atoms with Gasteiger partial charge in [0.15, 0.2) is 0 Å². The molecular formula is C13H12Br2FNS. The summed E-state index contributed by atoms with van der Waals surface area (Å²) in [6.45, 7) is 1.78. The van der Waals surface area contributed by atoms with E-state index < -0.39 is 0 Å². The van der Waals surface area contributed by atoms with Crippen LogP contribution < -0.4 is 5.32 Å². The summed E-state index contributed by atoms with van der Waals surface area (Å²) < 4.78 is 16.2. The summed E-state index contributed by atoms with van der Waals surface area (Å²) in [7, 11) is 1.84. The standard InChI is InChI=1S/C13H12Br2FNS/c1-7-4-3-5-8(11(7)16)12(17-2)9-6-10(14)18-13(9)15/h3-6,12,17H,1-2H3. The molecule has 2 aromatic rings. The summed E-state index contributed by atoms with van der Waals surface area (Å²) >= 11 is 8.57. The molecular weight excluding hydrogens is 381 g/mol. The number of hydrogen-bond acceptors (Lipinski definition) is 2. The Morgan fingerprint density at radius 3 is 2.56 bits per heavy atom. The van der Waals surface area contributed by atoms with Crippen molar-refractivity contribution in [3.63, 3.8) is 0 Å². The van der Waals surface area contributed by atoms with Crippen LogP contribution in [0.15, 0.2) is 31.8 Å². The molecule has 18 heavy (non-hydrogen) atoms. The molecule has 0 fully saturated rings. The fraction of sp³-hybridized carbons (Fsp3) is 0.231. The summed E-state index contributed by atoms with van der Waals surface area (Å²) in [5.41, 5.74) is 2.38. The Morgan fingerprint density at radius 2 is 2.00 bits per heavy atom. The molecule has 0 bridgehead atoms. The van der Waals surface area contributed by atoms with Crippen molar-refractivity contribution < 1.29 is 4.39 Å². The molecule has 1 N–H and O–H groups in total. The second-order valence-corrected chi connectivity index (χ2v) is 7.73. The number of thiophene rings is 1. The van der Waals surface area contributed by atoms with Gasteiger partial charge in [0.2, 0.25) is 0 Å². The van der Waals surface area contributed by atoms with E-state index >= 15 is 0 Å². The van der Waals surface area contributed by atoms with Gasteiger partial charge >= 0.3 is 0 Å². The molecule has 0 amide bonds. The Morgan fingerprint density at radius 1 is 1.28 bits per heavy atom. The lowest BCUT2D eigenvalue weighted by molar-refractivity contribution is 0.569. The lowest BCUT2D eigenvalue weighted by Crippen LogP contribution is -2.19. The van der Waals surface area contributed by atoms with E-state index in [1.165, 1.54) is 0 Å². The van der Waals surface area contributed by atoms with Gasteiger partial charge in [-0.15, -0.1) is 11.3 Å². The summed E-state index contributed by atoms with van der Waals surface area (Å²) in [6.07, 6.45) is 0. The van der Waals surface area contributed by atoms with E-state index in [0.29, 0.717) is 11.1 Å². The highest BCUT2D eigenvalue weighted by Gasteiger charge is 2.21. The topological polar surface area (TPSA) is 12.0 Å². The molecule has 1 aromatic carbocycles. The maximum absolute atomic E-state index is 14.2. The predicted octanol–water partition coefficient (Wildman–Crippen LogP) is 5.03. The molecule has 0 saturated carbocycles. The van der Waals surface area contributed by atoms with Gasteiger partial charge in [0.1, 0.15) is 5.82 Å². The van der Waals surface area contributed by atoms with Crippen molar-refractivity contribution in [3.05, 3.63) is 54.3 Å². The average Bonchev–Trinajstić information content (AvgIpc) is 2.65. The minimum atomic E-state index is -0.151. The van der Waals surface area contributed by atoms with Crippen LogP contribution in [-0.2, 0) is 0 Å². The van der Waals surface area contributed by atoms with Gasteiger partial charge in [-0.05, 0) is 63.0 Å². The van der Waals surface area contributed by atoms with Crippen molar-refractivity contribution in [2.45, 2.75) is 13.0 Å². The van der Waals surface area contributed by atoms with Crippen molar-refractivity contribution in [2.24, 2.45) is 0 Å². The summed E-state index contributed by atoms with van der Waals surface area (Å²) in [5, 5.41) is 3.17. The normalized spacial score (nSPS) is 12.7. The second kappa shape index (κ2) is 5.82. The number of aryl methyl sites for hydroxylation is 1. The molecule has 5 heteroatoms. The lowest BCUT2D eigenvalue weighted by atomic mass is 9.99. The Hall–Kier alpha value is -0.230. The highest BCUT2D eigenvalue weighted by molar-refractivity contribution is 9.12. The second-order valence-electron chi connectivity index (χ2n) is 3.98. The van der Waals surface area contributed by atoms with E-state index in [0.717, 1.165) is 13.1 Å². The first kappa shape index (κ1) is 14.2. The van der Waals surface area contributed by atoms with E-state index in [4.69, 9.17) is 0 Å². The first-order chi connectivity index (χ1) is 8.54. The number of benzene rings is 1. The molecule has 1 unspecified atom stereocenters. The van der Waals surface area contributed by atoms with E-state index in [-0.39, 0.29) is 11.9 Å². The Bertz CT molecular complexity index is 568. The molecule has 0 radical (unpaired) electrons. The van der Waals surface area contributed by atoms with Crippen molar-refractivity contribution in [1.29, 1.82) is 0 Å². The van der Waals surface area contributed by atoms with Crippen molar-refractivity contribution in [1.82, 2.24) is 5.32 Å². The maximum Gasteiger partial charge on any atom is 0.131 e. The fourth-order valence-electron chi connectivity index (χ4n) is 1.92. The van der Waals surface area contributed by atoms with Crippen LogP contribution in [0, 0.1) is 12.7 Å². The lowest BCUT2D eigenvalue weighted by Gasteiger charge is -2.18. The van der Waals surface area contributed by atoms with E-state index in [2.05, 4.69) is 37.2 Å². The Kier molecular flexibility index (Phi) is 4.59. The van der Waals surface area contributed by atoms with Crippen LogP contribution in [0.5, 0.6) is 0 Å². The number of halogens is 3. The molecule has 1 nitrogen and oxygen atoms in total. The third kappa shape index (κ3) is 2.69. The van der Waals surface area contributed by atoms with Crippen molar-refractivity contribution >= 4 is 43.2 Å². The zero-order valence-electron chi connectivity index (χ0n) is 9.93. The highest BCUT2D eigenvalue weighted by Crippen LogP contribution is 2.38. The van der Waals surface area contributed by atoms with E-state index in [9.17, 15) is 4.39 Å². The molecule has 1 heterocycles. The predicted molar refractivity (Wildman–Crippen MR) is 81.8 cm³/mol. The van der Waals surface area contributed by atoms with Gasteiger partial charge < -0.3 is 5.32 Å². The Labute approximate surface area is 127 Å². The van der Waals surface area contributed by atoms with Crippen LogP contribution in [0.3, 0.4) is 0 Å². The zero-order valence-corrected chi connectivity index (χ0v) is 13.9. The maximum atomic E-state index is 14.2. The van der Waals surface area contributed by atoms with Crippen LogP contribution in [0.25, 0.3) is 0 Å². The number of rotatable bonds is 3. The molecule has 0 aliphatic heterocycles. The Balaban J connectivity index is 2.52. The summed E-state index contributed by atoms with van der Waals surface area (Å²) in [5.74, 6) is -0.147. The van der Waals surface area contributed by atoms with Crippen LogP contribution >= 0.6 is 43.2 Å². The van der Waals surface area contributed by atoms with E-state index in [1.54, 1.807) is 24.3 Å². The minimum Gasteiger partial charge on any atom is -0.309 e. The first-order valence-corrected chi connectivity index (χ1v) is 7.82. The first-order valence-electron chi connectivity index (χ1n) is 5.41. The zero-order chi connectivity index (χ0) is 13.3. The SMILES string of the molecule is CNC(c1cc(Br)sc1Br)c1cccc(C)c1F. The molecule has 0 saturated heterocycles. The molecule has 96 valence electrons. The van der Waals surface area contributed by atoms with Crippen LogP contribution in [0.4, 0.5) is 4.39 Å². The smallest absolute Gasteiger partial charge is 0.131 e. The van der Waals surface area contributed by atoms with Gasteiger partial charge in [0, 0.05) is 5.56 Å².